The Labute approximate surface area is 227 Å². The van der Waals surface area contributed by atoms with Crippen LogP contribution in [0.1, 0.15) is 109 Å². The predicted molar refractivity (Wildman–Crippen MR) is 159 cm³/mol. The fourth-order valence-electron chi connectivity index (χ4n) is 4.78. The molecule has 0 aliphatic heterocycles. The first-order valence-electron chi connectivity index (χ1n) is 13.9. The molecule has 2 aromatic carbocycles. The highest BCUT2D eigenvalue weighted by Crippen LogP contribution is 2.39. The molecule has 0 aromatic heterocycles. The third-order valence-electron chi connectivity index (χ3n) is 9.03. The van der Waals surface area contributed by atoms with E-state index in [9.17, 15) is 5.11 Å². The summed E-state index contributed by atoms with van der Waals surface area (Å²) in [6, 6.07) is 13.5. The summed E-state index contributed by atoms with van der Waals surface area (Å²) < 4.78 is 12.0. The van der Waals surface area contributed by atoms with E-state index in [1.807, 2.05) is 13.8 Å². The third-order valence-corrected chi connectivity index (χ3v) is 9.03. The van der Waals surface area contributed by atoms with Gasteiger partial charge < -0.3 is 14.5 Å². The largest absolute Gasteiger partial charge is 0.427 e. The van der Waals surface area contributed by atoms with E-state index < -0.39 is 11.2 Å². The molecule has 0 spiro atoms. The third kappa shape index (κ3) is 6.69. The van der Waals surface area contributed by atoms with E-state index in [0.717, 1.165) is 24.0 Å². The Morgan fingerprint density at radius 3 is 1.78 bits per heavy atom. The van der Waals surface area contributed by atoms with Gasteiger partial charge in [0, 0.05) is 18.1 Å². The molecule has 2 rings (SSSR count). The second-order valence-electron chi connectivity index (χ2n) is 11.5. The van der Waals surface area contributed by atoms with Crippen molar-refractivity contribution in [3.8, 4) is 11.8 Å². The van der Waals surface area contributed by atoms with Gasteiger partial charge in [0.25, 0.3) is 0 Å². The molecule has 0 fully saturated rings. The topological polar surface area (TPSA) is 38.7 Å². The maximum Gasteiger partial charge on any atom is 0.309 e. The molecule has 202 valence electrons. The highest BCUT2D eigenvalue weighted by Gasteiger charge is 2.38. The lowest BCUT2D eigenvalue weighted by Crippen LogP contribution is -2.50. The maximum absolute atomic E-state index is 10.6. The summed E-state index contributed by atoms with van der Waals surface area (Å²) in [4.78, 5) is 0. The van der Waals surface area contributed by atoms with Crippen molar-refractivity contribution in [3.63, 3.8) is 0 Å². The number of rotatable bonds is 11. The Bertz CT molecular complexity index is 1110. The Morgan fingerprint density at radius 2 is 1.32 bits per heavy atom. The van der Waals surface area contributed by atoms with Crippen LogP contribution in [0.3, 0.4) is 0 Å². The Kier molecular flexibility index (Phi) is 10.3. The van der Waals surface area contributed by atoms with E-state index in [2.05, 4.69) is 104 Å². The van der Waals surface area contributed by atoms with Crippen LogP contribution in [0, 0.1) is 25.7 Å². The molecule has 0 atom stereocenters. The van der Waals surface area contributed by atoms with Crippen molar-refractivity contribution in [2.75, 3.05) is 7.11 Å². The average molecular weight is 505 g/mol. The Morgan fingerprint density at radius 1 is 0.784 bits per heavy atom. The molecule has 0 unspecified atom stereocenters. The number of benzene rings is 2. The van der Waals surface area contributed by atoms with Crippen LogP contribution in [-0.2, 0) is 14.8 Å². The minimum Gasteiger partial charge on any atom is -0.427 e. The van der Waals surface area contributed by atoms with Gasteiger partial charge in [0.1, 0.15) is 5.60 Å². The standard InChI is InChI=1S/C33H49BO3/c1-12-32(35,13-2)21-20-26-16-17-27(22-24(26)5)33(14-3,15-4)28-18-19-29(25(6)23-28)34-37-31(9,10)30(7,8)36-11/h16-19,22-23,34-35H,12-15H2,1-11H3. The molecular formula is C33H49BO3. The second kappa shape index (κ2) is 12.2. The van der Waals surface area contributed by atoms with Crippen LogP contribution < -0.4 is 5.46 Å². The summed E-state index contributed by atoms with van der Waals surface area (Å²) in [5.74, 6) is 6.35. The normalized spacial score (nSPS) is 12.8. The summed E-state index contributed by atoms with van der Waals surface area (Å²) in [5, 5.41) is 10.6. The van der Waals surface area contributed by atoms with Crippen molar-refractivity contribution in [3.05, 3.63) is 64.2 Å². The van der Waals surface area contributed by atoms with E-state index in [1.165, 1.54) is 22.2 Å². The van der Waals surface area contributed by atoms with Gasteiger partial charge in [-0.05, 0) is 95.4 Å². The van der Waals surface area contributed by atoms with Crippen molar-refractivity contribution in [2.45, 2.75) is 117 Å². The molecule has 2 aromatic rings. The van der Waals surface area contributed by atoms with Crippen LogP contribution in [0.5, 0.6) is 0 Å². The van der Waals surface area contributed by atoms with Crippen LogP contribution in [-0.4, -0.2) is 36.5 Å². The molecular weight excluding hydrogens is 455 g/mol. The van der Waals surface area contributed by atoms with Gasteiger partial charge in [-0.2, -0.15) is 0 Å². The summed E-state index contributed by atoms with van der Waals surface area (Å²) in [5.41, 5.74) is 5.42. The smallest absolute Gasteiger partial charge is 0.309 e. The van der Waals surface area contributed by atoms with E-state index in [0.29, 0.717) is 20.3 Å². The van der Waals surface area contributed by atoms with Crippen LogP contribution in [0.4, 0.5) is 0 Å². The lowest BCUT2D eigenvalue weighted by Gasteiger charge is -2.40. The predicted octanol–water partition coefficient (Wildman–Crippen LogP) is 6.51. The summed E-state index contributed by atoms with van der Waals surface area (Å²) >= 11 is 0. The number of ether oxygens (including phenoxy) is 1. The van der Waals surface area contributed by atoms with E-state index in [-0.39, 0.29) is 11.0 Å². The quantitative estimate of drug-likeness (QED) is 0.280. The molecule has 0 heterocycles. The first-order chi connectivity index (χ1) is 17.2. The lowest BCUT2D eigenvalue weighted by molar-refractivity contribution is -0.114. The van der Waals surface area contributed by atoms with Gasteiger partial charge in [-0.15, -0.1) is 0 Å². The minimum atomic E-state index is -0.917. The molecule has 0 saturated heterocycles. The van der Waals surface area contributed by atoms with Gasteiger partial charge in [0.15, 0.2) is 0 Å². The fourth-order valence-corrected chi connectivity index (χ4v) is 4.78. The molecule has 0 aliphatic rings. The monoisotopic (exact) mass is 504 g/mol. The summed E-state index contributed by atoms with van der Waals surface area (Å²) in [6.07, 6.45) is 3.27. The van der Waals surface area contributed by atoms with Crippen molar-refractivity contribution < 1.29 is 14.5 Å². The van der Waals surface area contributed by atoms with Crippen LogP contribution in [0.25, 0.3) is 0 Å². The van der Waals surface area contributed by atoms with Crippen LogP contribution in [0.2, 0.25) is 0 Å². The van der Waals surface area contributed by atoms with Gasteiger partial charge in [-0.25, -0.2) is 0 Å². The Balaban J connectivity index is 2.40. The molecule has 1 N–H and O–H groups in total. The molecule has 0 amide bonds. The number of hydrogen-bond donors (Lipinski definition) is 1. The van der Waals surface area contributed by atoms with Gasteiger partial charge in [-0.3, -0.25) is 0 Å². The summed E-state index contributed by atoms with van der Waals surface area (Å²) in [7, 11) is 2.28. The first-order valence-corrected chi connectivity index (χ1v) is 13.9. The van der Waals surface area contributed by atoms with E-state index in [1.54, 1.807) is 7.11 Å². The number of methoxy groups -OCH3 is 1. The summed E-state index contributed by atoms with van der Waals surface area (Å²) in [6.45, 7) is 21.1. The SMILES string of the molecule is CCC(O)(C#Cc1ccc(C(CC)(CC)c2ccc(BOC(C)(C)C(C)(C)OC)c(C)c2)cc1C)CC. The average Bonchev–Trinajstić information content (AvgIpc) is 2.88. The molecule has 37 heavy (non-hydrogen) atoms. The van der Waals surface area contributed by atoms with Crippen LogP contribution in [0.15, 0.2) is 36.4 Å². The molecule has 0 aliphatic carbocycles. The molecule has 4 heteroatoms. The van der Waals surface area contributed by atoms with Gasteiger partial charge in [-0.1, -0.05) is 75.4 Å². The van der Waals surface area contributed by atoms with E-state index >= 15 is 0 Å². The highest BCUT2D eigenvalue weighted by atomic mass is 16.5. The van der Waals surface area contributed by atoms with Crippen molar-refractivity contribution in [1.82, 2.24) is 0 Å². The van der Waals surface area contributed by atoms with Crippen molar-refractivity contribution >= 4 is 12.9 Å². The molecule has 0 radical (unpaired) electrons. The number of hydrogen-bond acceptors (Lipinski definition) is 3. The molecule has 0 bridgehead atoms. The minimum absolute atomic E-state index is 0.0776. The first kappa shape index (κ1) is 31.2. The number of aryl methyl sites for hydroxylation is 2. The lowest BCUT2D eigenvalue weighted by atomic mass is 9.68. The van der Waals surface area contributed by atoms with Crippen LogP contribution >= 0.6 is 0 Å². The second-order valence-corrected chi connectivity index (χ2v) is 11.5. The fraction of sp³-hybridized carbons (Fsp3) is 0.576. The van der Waals surface area contributed by atoms with E-state index in [4.69, 9.17) is 9.39 Å². The highest BCUT2D eigenvalue weighted by molar-refractivity contribution is 6.47. The Hall–Kier alpha value is -2.06. The maximum atomic E-state index is 10.6. The molecule has 0 saturated carbocycles. The zero-order chi connectivity index (χ0) is 28.1. The van der Waals surface area contributed by atoms with Crippen molar-refractivity contribution in [1.29, 1.82) is 0 Å². The van der Waals surface area contributed by atoms with Gasteiger partial charge in [0.05, 0.1) is 11.2 Å². The molecule has 3 nitrogen and oxygen atoms in total. The van der Waals surface area contributed by atoms with Gasteiger partial charge >= 0.3 is 7.48 Å². The van der Waals surface area contributed by atoms with Gasteiger partial charge in [0.2, 0.25) is 0 Å². The zero-order valence-electron chi connectivity index (χ0n) is 25.3. The zero-order valence-corrected chi connectivity index (χ0v) is 25.3. The van der Waals surface area contributed by atoms with Crippen molar-refractivity contribution in [2.24, 2.45) is 0 Å². The number of aliphatic hydroxyl groups is 1.